The van der Waals surface area contributed by atoms with E-state index in [9.17, 15) is 0 Å². The van der Waals surface area contributed by atoms with Gasteiger partial charge in [-0.25, -0.2) is 0 Å². The van der Waals surface area contributed by atoms with Crippen molar-refractivity contribution in [2.45, 2.75) is 6.42 Å². The first kappa shape index (κ1) is 5.59. The number of aliphatic imine (C=N–C) groups is 1. The van der Waals surface area contributed by atoms with Crippen molar-refractivity contribution in [2.75, 3.05) is 6.54 Å². The molecule has 0 saturated heterocycles. The van der Waals surface area contributed by atoms with Gasteiger partial charge in [0, 0.05) is 30.9 Å². The minimum atomic E-state index is 0.893. The van der Waals surface area contributed by atoms with E-state index in [1.807, 2.05) is 24.5 Å². The zero-order valence-corrected chi connectivity index (χ0v) is 5.62. The van der Waals surface area contributed by atoms with Gasteiger partial charge < -0.3 is 0 Å². The first-order valence-electron chi connectivity index (χ1n) is 3.40. The van der Waals surface area contributed by atoms with Crippen molar-refractivity contribution in [3.05, 3.63) is 29.6 Å². The van der Waals surface area contributed by atoms with Crippen LogP contribution in [-0.4, -0.2) is 17.7 Å². The first-order valence-corrected chi connectivity index (χ1v) is 3.40. The molecule has 0 aliphatic carbocycles. The summed E-state index contributed by atoms with van der Waals surface area (Å²) in [5.74, 6) is 0. The fourth-order valence-electron chi connectivity index (χ4n) is 1.11. The lowest BCUT2D eigenvalue weighted by molar-refractivity contribution is 0.906. The van der Waals surface area contributed by atoms with Gasteiger partial charge >= 0.3 is 0 Å². The molecular weight excluding hydrogens is 124 g/mol. The molecule has 50 valence electrons. The van der Waals surface area contributed by atoms with E-state index in [1.54, 1.807) is 0 Å². The van der Waals surface area contributed by atoms with Crippen LogP contribution in [0.1, 0.15) is 11.3 Å². The van der Waals surface area contributed by atoms with Gasteiger partial charge in [0.15, 0.2) is 0 Å². The SMILES string of the molecule is C1=NCCc2ncccc21. The molecule has 0 spiro atoms. The second kappa shape index (κ2) is 2.21. The van der Waals surface area contributed by atoms with Gasteiger partial charge in [-0.2, -0.15) is 0 Å². The third-order valence-electron chi connectivity index (χ3n) is 1.63. The lowest BCUT2D eigenvalue weighted by atomic mass is 10.1. The molecule has 0 saturated carbocycles. The van der Waals surface area contributed by atoms with Crippen molar-refractivity contribution in [3.63, 3.8) is 0 Å². The van der Waals surface area contributed by atoms with Gasteiger partial charge in [0.05, 0.1) is 5.69 Å². The van der Waals surface area contributed by atoms with E-state index < -0.39 is 0 Å². The zero-order valence-electron chi connectivity index (χ0n) is 5.62. The molecule has 0 unspecified atom stereocenters. The summed E-state index contributed by atoms with van der Waals surface area (Å²) >= 11 is 0. The predicted octanol–water partition coefficient (Wildman–Crippen LogP) is 1.06. The highest BCUT2D eigenvalue weighted by Gasteiger charge is 2.03. The van der Waals surface area contributed by atoms with Crippen molar-refractivity contribution in [1.29, 1.82) is 0 Å². The highest BCUT2D eigenvalue weighted by molar-refractivity contribution is 5.81. The summed E-state index contributed by atoms with van der Waals surface area (Å²) < 4.78 is 0. The molecule has 0 atom stereocenters. The Kier molecular flexibility index (Phi) is 1.24. The molecule has 2 nitrogen and oxygen atoms in total. The molecule has 2 heteroatoms. The highest BCUT2D eigenvalue weighted by Crippen LogP contribution is 2.06. The topological polar surface area (TPSA) is 25.2 Å². The average Bonchev–Trinajstić information content (AvgIpc) is 2.05. The molecule has 10 heavy (non-hydrogen) atoms. The van der Waals surface area contributed by atoms with Crippen LogP contribution in [0.4, 0.5) is 0 Å². The van der Waals surface area contributed by atoms with Gasteiger partial charge in [0.25, 0.3) is 0 Å². The maximum atomic E-state index is 4.23. The average molecular weight is 132 g/mol. The molecule has 1 aliphatic heterocycles. The fourth-order valence-corrected chi connectivity index (χ4v) is 1.11. The zero-order chi connectivity index (χ0) is 6.81. The number of pyridine rings is 1. The molecule has 1 aromatic rings. The summed E-state index contributed by atoms with van der Waals surface area (Å²) in [4.78, 5) is 8.38. The van der Waals surface area contributed by atoms with Crippen LogP contribution < -0.4 is 0 Å². The van der Waals surface area contributed by atoms with E-state index >= 15 is 0 Å². The Labute approximate surface area is 59.6 Å². The molecule has 0 N–H and O–H groups in total. The lowest BCUT2D eigenvalue weighted by Gasteiger charge is -2.06. The number of aromatic nitrogens is 1. The van der Waals surface area contributed by atoms with Crippen molar-refractivity contribution in [3.8, 4) is 0 Å². The van der Waals surface area contributed by atoms with Crippen LogP contribution in [0.5, 0.6) is 0 Å². The van der Waals surface area contributed by atoms with Crippen molar-refractivity contribution in [1.82, 2.24) is 4.98 Å². The quantitative estimate of drug-likeness (QED) is 0.518. The van der Waals surface area contributed by atoms with Crippen molar-refractivity contribution < 1.29 is 0 Å². The largest absolute Gasteiger partial charge is 0.292 e. The molecule has 0 fully saturated rings. The third-order valence-corrected chi connectivity index (χ3v) is 1.63. The Hall–Kier alpha value is -1.18. The summed E-state index contributed by atoms with van der Waals surface area (Å²) in [6.45, 7) is 0.893. The molecule has 1 aromatic heterocycles. The molecule has 2 rings (SSSR count). The molecule has 0 radical (unpaired) electrons. The Bertz CT molecular complexity index is 266. The van der Waals surface area contributed by atoms with Crippen LogP contribution in [0.15, 0.2) is 23.3 Å². The number of nitrogens with zero attached hydrogens (tertiary/aromatic N) is 2. The summed E-state index contributed by atoms with van der Waals surface area (Å²) in [5.41, 5.74) is 2.35. The van der Waals surface area contributed by atoms with Crippen LogP contribution >= 0.6 is 0 Å². The van der Waals surface area contributed by atoms with Crippen LogP contribution in [0.25, 0.3) is 0 Å². The van der Waals surface area contributed by atoms with Crippen LogP contribution in [0.3, 0.4) is 0 Å². The third kappa shape index (κ3) is 0.817. The Morgan fingerprint density at radius 2 is 2.40 bits per heavy atom. The summed E-state index contributed by atoms with van der Waals surface area (Å²) in [6.07, 6.45) is 4.72. The highest BCUT2D eigenvalue weighted by atomic mass is 14.8. The maximum Gasteiger partial charge on any atom is 0.0509 e. The maximum absolute atomic E-state index is 4.23. The van der Waals surface area contributed by atoms with Crippen LogP contribution in [0, 0.1) is 0 Å². The van der Waals surface area contributed by atoms with E-state index in [4.69, 9.17) is 0 Å². The van der Waals surface area contributed by atoms with Gasteiger partial charge in [-0.05, 0) is 6.07 Å². The van der Waals surface area contributed by atoms with Gasteiger partial charge in [0.2, 0.25) is 0 Å². The molecule has 0 aromatic carbocycles. The van der Waals surface area contributed by atoms with Gasteiger partial charge in [-0.1, -0.05) is 6.07 Å². The number of hydrogen-bond donors (Lipinski definition) is 0. The fraction of sp³-hybridized carbons (Fsp3) is 0.250. The van der Waals surface area contributed by atoms with E-state index in [0.29, 0.717) is 0 Å². The number of rotatable bonds is 0. The molecule has 0 bridgehead atoms. The standard InChI is InChI=1S/C8H8N2/c1-2-7-6-9-5-3-8(7)10-4-1/h1-2,4,6H,3,5H2. The Morgan fingerprint density at radius 3 is 3.30 bits per heavy atom. The van der Waals surface area contributed by atoms with Gasteiger partial charge in [-0.3, -0.25) is 9.98 Å². The van der Waals surface area contributed by atoms with Crippen LogP contribution in [0.2, 0.25) is 0 Å². The smallest absolute Gasteiger partial charge is 0.0509 e. The molecule has 0 amide bonds. The Balaban J connectivity index is 2.54. The van der Waals surface area contributed by atoms with E-state index in [0.717, 1.165) is 13.0 Å². The summed E-state index contributed by atoms with van der Waals surface area (Å²) in [6, 6.07) is 3.99. The molecule has 1 aliphatic rings. The lowest BCUT2D eigenvalue weighted by Crippen LogP contribution is -2.04. The second-order valence-electron chi connectivity index (χ2n) is 2.32. The molecular formula is C8H8N2. The number of hydrogen-bond acceptors (Lipinski definition) is 2. The van der Waals surface area contributed by atoms with Crippen molar-refractivity contribution >= 4 is 6.21 Å². The minimum Gasteiger partial charge on any atom is -0.292 e. The summed E-state index contributed by atoms with van der Waals surface area (Å²) in [5, 5.41) is 0. The monoisotopic (exact) mass is 132 g/mol. The summed E-state index contributed by atoms with van der Waals surface area (Å²) in [7, 11) is 0. The van der Waals surface area contributed by atoms with Crippen molar-refractivity contribution in [2.24, 2.45) is 4.99 Å². The number of fused-ring (bicyclic) bond motifs is 1. The normalized spacial score (nSPS) is 14.8. The first-order chi connectivity index (χ1) is 4.97. The van der Waals surface area contributed by atoms with E-state index in [2.05, 4.69) is 9.98 Å². The Morgan fingerprint density at radius 1 is 1.40 bits per heavy atom. The van der Waals surface area contributed by atoms with Gasteiger partial charge in [-0.15, -0.1) is 0 Å². The van der Waals surface area contributed by atoms with E-state index in [1.165, 1.54) is 11.3 Å². The van der Waals surface area contributed by atoms with Gasteiger partial charge in [0.1, 0.15) is 0 Å². The second-order valence-corrected chi connectivity index (χ2v) is 2.32. The predicted molar refractivity (Wildman–Crippen MR) is 40.4 cm³/mol. The van der Waals surface area contributed by atoms with Crippen LogP contribution in [-0.2, 0) is 6.42 Å². The van der Waals surface area contributed by atoms with E-state index in [-0.39, 0.29) is 0 Å². The molecule has 2 heterocycles. The minimum absolute atomic E-state index is 0.893.